The number of ether oxygens (including phenoxy) is 1. The predicted molar refractivity (Wildman–Crippen MR) is 112 cm³/mol. The highest BCUT2D eigenvalue weighted by Crippen LogP contribution is 2.36. The van der Waals surface area contributed by atoms with Gasteiger partial charge >= 0.3 is 0 Å². The van der Waals surface area contributed by atoms with Crippen molar-refractivity contribution >= 4 is 46.9 Å². The monoisotopic (exact) mass is 451 g/mol. The van der Waals surface area contributed by atoms with Gasteiger partial charge in [0.2, 0.25) is 12.0 Å². The van der Waals surface area contributed by atoms with E-state index in [2.05, 4.69) is 10.2 Å². The maximum Gasteiger partial charge on any atom is 0.250 e. The second-order valence-electron chi connectivity index (χ2n) is 6.28. The van der Waals surface area contributed by atoms with Crippen LogP contribution in [-0.4, -0.2) is 21.2 Å². The van der Waals surface area contributed by atoms with Crippen LogP contribution in [0.5, 0.6) is 5.75 Å². The summed E-state index contributed by atoms with van der Waals surface area (Å²) < 4.78 is 20.9. The minimum absolute atomic E-state index is 0.0550. The smallest absolute Gasteiger partial charge is 0.250 e. The number of nitrogen functional groups attached to an aromatic ring is 1. The fraction of sp³-hybridized carbons (Fsp3) is 0.158. The predicted octanol–water partition coefficient (Wildman–Crippen LogP) is 3.64. The van der Waals surface area contributed by atoms with Gasteiger partial charge in [-0.3, -0.25) is 14.5 Å². The van der Waals surface area contributed by atoms with Crippen molar-refractivity contribution in [1.29, 1.82) is 0 Å². The summed E-state index contributed by atoms with van der Waals surface area (Å²) in [7, 11) is 1.55. The first-order chi connectivity index (χ1) is 14.2. The molecule has 0 saturated heterocycles. The molecule has 1 aromatic carbocycles. The molecule has 0 fully saturated rings. The molecule has 0 aliphatic heterocycles. The molecule has 30 heavy (non-hydrogen) atoms. The molecule has 3 rings (SSSR count). The molecule has 0 unspecified atom stereocenters. The van der Waals surface area contributed by atoms with E-state index >= 15 is 0 Å². The Bertz CT molecular complexity index is 1170. The standard InChI is InChI=1S/C19H16Cl2FN5O3/c1-10(17-12(20)4-5-13(22)18(17)21)30-14-7-15(24-25-19(14)23)27(9-28)11-3-6-16(29)26(2)8-11/h3-10H,1-2H3,(H2,23,25)/t10-/m1/s1. The van der Waals surface area contributed by atoms with E-state index in [1.54, 1.807) is 14.0 Å². The number of pyridine rings is 1. The Balaban J connectivity index is 1.97. The number of halogens is 3. The summed E-state index contributed by atoms with van der Waals surface area (Å²) in [4.78, 5) is 24.4. The summed E-state index contributed by atoms with van der Waals surface area (Å²) >= 11 is 12.2. The van der Waals surface area contributed by atoms with Crippen molar-refractivity contribution in [3.05, 3.63) is 68.3 Å². The average molecular weight is 452 g/mol. The fourth-order valence-corrected chi connectivity index (χ4v) is 3.40. The maximum atomic E-state index is 13.8. The van der Waals surface area contributed by atoms with Crippen LogP contribution in [0.25, 0.3) is 0 Å². The quantitative estimate of drug-likeness (QED) is 0.453. The van der Waals surface area contributed by atoms with Crippen LogP contribution in [0, 0.1) is 5.82 Å². The number of rotatable bonds is 6. The van der Waals surface area contributed by atoms with Gasteiger partial charge in [0.15, 0.2) is 17.4 Å². The highest BCUT2D eigenvalue weighted by atomic mass is 35.5. The number of aromatic nitrogens is 3. The Morgan fingerprint density at radius 2 is 2.00 bits per heavy atom. The molecule has 1 atom stereocenters. The number of hydrogen-bond acceptors (Lipinski definition) is 6. The molecule has 3 aromatic rings. The van der Waals surface area contributed by atoms with E-state index in [1.165, 1.54) is 35.0 Å². The van der Waals surface area contributed by atoms with E-state index in [9.17, 15) is 14.0 Å². The van der Waals surface area contributed by atoms with Crippen LogP contribution in [-0.2, 0) is 11.8 Å². The third-order valence-corrected chi connectivity index (χ3v) is 4.98. The van der Waals surface area contributed by atoms with Crippen LogP contribution in [0.3, 0.4) is 0 Å². The van der Waals surface area contributed by atoms with Crippen LogP contribution in [0.2, 0.25) is 10.0 Å². The lowest BCUT2D eigenvalue weighted by molar-refractivity contribution is -0.106. The Hall–Kier alpha value is -3.17. The summed E-state index contributed by atoms with van der Waals surface area (Å²) in [5.74, 6) is -0.521. The first-order valence-corrected chi connectivity index (χ1v) is 9.33. The lowest BCUT2D eigenvalue weighted by Crippen LogP contribution is -2.21. The highest BCUT2D eigenvalue weighted by Gasteiger charge is 2.21. The van der Waals surface area contributed by atoms with Gasteiger partial charge in [-0.05, 0) is 25.1 Å². The van der Waals surface area contributed by atoms with Crippen molar-refractivity contribution < 1.29 is 13.9 Å². The van der Waals surface area contributed by atoms with Gasteiger partial charge in [-0.25, -0.2) is 4.39 Å². The Morgan fingerprint density at radius 3 is 2.67 bits per heavy atom. The number of hydrogen-bond donors (Lipinski definition) is 1. The summed E-state index contributed by atoms with van der Waals surface area (Å²) in [6, 6.07) is 6.68. The Labute approximate surface area is 180 Å². The second-order valence-corrected chi connectivity index (χ2v) is 7.07. The molecule has 0 spiro atoms. The highest BCUT2D eigenvalue weighted by molar-refractivity contribution is 6.36. The Morgan fingerprint density at radius 1 is 1.27 bits per heavy atom. The van der Waals surface area contributed by atoms with Crippen molar-refractivity contribution in [2.24, 2.45) is 7.05 Å². The number of anilines is 3. The summed E-state index contributed by atoms with van der Waals surface area (Å²) in [5.41, 5.74) is 6.23. The fourth-order valence-electron chi connectivity index (χ4n) is 2.72. The van der Waals surface area contributed by atoms with Crippen LogP contribution >= 0.6 is 23.2 Å². The van der Waals surface area contributed by atoms with E-state index < -0.39 is 11.9 Å². The topological polar surface area (TPSA) is 103 Å². The normalized spacial score (nSPS) is 11.8. The van der Waals surface area contributed by atoms with E-state index in [4.69, 9.17) is 33.7 Å². The lowest BCUT2D eigenvalue weighted by atomic mass is 10.1. The molecule has 0 saturated carbocycles. The van der Waals surface area contributed by atoms with Crippen LogP contribution < -0.4 is 20.9 Å². The van der Waals surface area contributed by atoms with Crippen LogP contribution in [0.15, 0.2) is 41.3 Å². The summed E-state index contributed by atoms with van der Waals surface area (Å²) in [5, 5.41) is 7.77. The van der Waals surface area contributed by atoms with E-state index in [1.807, 2.05) is 0 Å². The molecule has 156 valence electrons. The van der Waals surface area contributed by atoms with Crippen molar-refractivity contribution in [1.82, 2.24) is 14.8 Å². The van der Waals surface area contributed by atoms with Gasteiger partial charge in [0, 0.05) is 36.0 Å². The Kier molecular flexibility index (Phi) is 6.23. The number of benzene rings is 1. The third kappa shape index (κ3) is 4.22. The number of carbonyl (C=O) groups is 1. The van der Waals surface area contributed by atoms with Gasteiger partial charge in [0.05, 0.1) is 10.7 Å². The minimum atomic E-state index is -0.790. The van der Waals surface area contributed by atoms with Gasteiger partial charge in [-0.2, -0.15) is 0 Å². The maximum absolute atomic E-state index is 13.8. The van der Waals surface area contributed by atoms with Crippen molar-refractivity contribution in [2.75, 3.05) is 10.6 Å². The second kappa shape index (κ2) is 8.68. The molecule has 1 amide bonds. The molecule has 0 aliphatic carbocycles. The van der Waals surface area contributed by atoms with Crippen LogP contribution in [0.4, 0.5) is 21.7 Å². The van der Waals surface area contributed by atoms with Gasteiger partial charge in [-0.15, -0.1) is 10.2 Å². The SMILES string of the molecule is C[C@@H](Oc1cc(N(C=O)c2ccc(=O)n(C)c2)nnc1N)c1c(Cl)ccc(F)c1Cl. The zero-order valence-corrected chi connectivity index (χ0v) is 17.4. The van der Waals surface area contributed by atoms with Crippen LogP contribution in [0.1, 0.15) is 18.6 Å². The van der Waals surface area contributed by atoms with Crippen molar-refractivity contribution in [3.8, 4) is 5.75 Å². The summed E-state index contributed by atoms with van der Waals surface area (Å²) in [6.45, 7) is 1.61. The average Bonchev–Trinajstić information content (AvgIpc) is 2.70. The number of nitrogens with two attached hydrogens (primary N) is 1. The van der Waals surface area contributed by atoms with Gasteiger partial charge in [0.25, 0.3) is 0 Å². The number of carbonyl (C=O) groups excluding carboxylic acids is 1. The molecule has 0 aliphatic rings. The zero-order chi connectivity index (χ0) is 22.0. The first kappa shape index (κ1) is 21.5. The summed E-state index contributed by atoms with van der Waals surface area (Å²) in [6.07, 6.45) is 1.18. The van der Waals surface area contributed by atoms with Crippen molar-refractivity contribution in [3.63, 3.8) is 0 Å². The first-order valence-electron chi connectivity index (χ1n) is 8.57. The van der Waals surface area contributed by atoms with Gasteiger partial charge in [0.1, 0.15) is 11.9 Å². The van der Waals surface area contributed by atoms with Gasteiger partial charge in [-0.1, -0.05) is 23.2 Å². The third-order valence-electron chi connectivity index (χ3n) is 4.26. The molecular weight excluding hydrogens is 436 g/mol. The molecular formula is C19H16Cl2FN5O3. The molecule has 0 radical (unpaired) electrons. The van der Waals surface area contributed by atoms with Gasteiger partial charge < -0.3 is 15.0 Å². The minimum Gasteiger partial charge on any atom is -0.482 e. The molecule has 2 aromatic heterocycles. The molecule has 0 bridgehead atoms. The number of aryl methyl sites for hydroxylation is 1. The molecule has 11 heteroatoms. The molecule has 8 nitrogen and oxygen atoms in total. The van der Waals surface area contributed by atoms with Crippen molar-refractivity contribution in [2.45, 2.75) is 13.0 Å². The van der Waals surface area contributed by atoms with E-state index in [0.717, 1.165) is 11.0 Å². The molecule has 2 N–H and O–H groups in total. The number of nitrogens with zero attached hydrogens (tertiary/aromatic N) is 4. The largest absolute Gasteiger partial charge is 0.482 e. The van der Waals surface area contributed by atoms with E-state index in [0.29, 0.717) is 12.1 Å². The lowest BCUT2D eigenvalue weighted by Gasteiger charge is -2.21. The number of amides is 1. The molecule has 2 heterocycles. The van der Waals surface area contributed by atoms with E-state index in [-0.39, 0.29) is 38.6 Å². The zero-order valence-electron chi connectivity index (χ0n) is 15.8.